The Hall–Kier alpha value is -2.78. The molecule has 0 spiro atoms. The molecule has 2 aliphatic heterocycles. The summed E-state index contributed by atoms with van der Waals surface area (Å²) in [7, 11) is 0. The number of hydrogen-bond donors (Lipinski definition) is 2. The Morgan fingerprint density at radius 1 is 0.700 bits per heavy atom. The van der Waals surface area contributed by atoms with Crippen molar-refractivity contribution in [3.63, 3.8) is 0 Å². The van der Waals surface area contributed by atoms with Crippen LogP contribution < -0.4 is 0 Å². The number of aliphatic imine (C=N–C) groups is 2. The lowest BCUT2D eigenvalue weighted by molar-refractivity contribution is 0.0341. The van der Waals surface area contributed by atoms with Crippen LogP contribution in [0.1, 0.15) is 59.1 Å². The van der Waals surface area contributed by atoms with Crippen molar-refractivity contribution in [2.75, 3.05) is 52.6 Å². The second-order valence-corrected chi connectivity index (χ2v) is 11.5. The van der Waals surface area contributed by atoms with Crippen LogP contribution >= 0.6 is 0 Å². The van der Waals surface area contributed by atoms with Gasteiger partial charge in [-0.2, -0.15) is 0 Å². The Bertz CT molecular complexity index is 1110. The fourth-order valence-corrected chi connectivity index (χ4v) is 5.97. The Morgan fingerprint density at radius 3 is 1.50 bits per heavy atom. The van der Waals surface area contributed by atoms with Crippen molar-refractivity contribution in [2.45, 2.75) is 64.7 Å². The average Bonchev–Trinajstić information content (AvgIpc) is 2.96. The fourth-order valence-electron chi connectivity index (χ4n) is 5.97. The van der Waals surface area contributed by atoms with Crippen LogP contribution in [0.5, 0.6) is 11.5 Å². The van der Waals surface area contributed by atoms with Crippen molar-refractivity contribution in [3.8, 4) is 11.5 Å². The Balaban J connectivity index is 1.30. The van der Waals surface area contributed by atoms with Crippen molar-refractivity contribution in [1.29, 1.82) is 0 Å². The lowest BCUT2D eigenvalue weighted by Crippen LogP contribution is -2.35. The molecule has 2 heterocycles. The molecule has 216 valence electrons. The molecule has 8 heteroatoms. The van der Waals surface area contributed by atoms with Crippen molar-refractivity contribution >= 4 is 12.4 Å². The molecule has 2 atom stereocenters. The number of hydrogen-bond acceptors (Lipinski definition) is 8. The van der Waals surface area contributed by atoms with Crippen molar-refractivity contribution in [1.82, 2.24) is 9.80 Å². The van der Waals surface area contributed by atoms with E-state index in [1.807, 2.05) is 26.3 Å². The molecule has 0 amide bonds. The van der Waals surface area contributed by atoms with E-state index in [4.69, 9.17) is 19.5 Å². The Kier molecular flexibility index (Phi) is 9.86. The van der Waals surface area contributed by atoms with Gasteiger partial charge in [-0.25, -0.2) is 0 Å². The zero-order valence-corrected chi connectivity index (χ0v) is 24.0. The molecule has 0 aromatic heterocycles. The Morgan fingerprint density at radius 2 is 1.10 bits per heavy atom. The molecule has 8 nitrogen and oxygen atoms in total. The van der Waals surface area contributed by atoms with E-state index >= 15 is 0 Å². The number of benzene rings is 2. The van der Waals surface area contributed by atoms with Crippen molar-refractivity contribution < 1.29 is 19.7 Å². The number of ether oxygens (including phenoxy) is 2. The molecule has 2 aromatic carbocycles. The second-order valence-electron chi connectivity index (χ2n) is 11.5. The predicted octanol–water partition coefficient (Wildman–Crippen LogP) is 4.23. The maximum atomic E-state index is 10.8. The second kappa shape index (κ2) is 13.7. The van der Waals surface area contributed by atoms with Gasteiger partial charge >= 0.3 is 0 Å². The summed E-state index contributed by atoms with van der Waals surface area (Å²) in [6, 6.07) is 8.35. The molecule has 1 aliphatic carbocycles. The van der Waals surface area contributed by atoms with Crippen LogP contribution in [0.4, 0.5) is 0 Å². The van der Waals surface area contributed by atoms with Crippen LogP contribution in [0, 0.1) is 13.8 Å². The van der Waals surface area contributed by atoms with Gasteiger partial charge in [-0.1, -0.05) is 25.0 Å². The molecule has 0 bridgehead atoms. The quantitative estimate of drug-likeness (QED) is 0.480. The smallest absolute Gasteiger partial charge is 0.127 e. The first-order chi connectivity index (χ1) is 19.5. The molecule has 5 rings (SSSR count). The van der Waals surface area contributed by atoms with Crippen LogP contribution in [-0.4, -0.2) is 97.1 Å². The summed E-state index contributed by atoms with van der Waals surface area (Å²) >= 11 is 0. The third kappa shape index (κ3) is 7.49. The molecule has 2 saturated heterocycles. The first-order valence-electron chi connectivity index (χ1n) is 14.8. The van der Waals surface area contributed by atoms with E-state index in [2.05, 4.69) is 34.1 Å². The van der Waals surface area contributed by atoms with Crippen molar-refractivity contribution in [3.05, 3.63) is 57.6 Å². The summed E-state index contributed by atoms with van der Waals surface area (Å²) in [4.78, 5) is 14.7. The SMILES string of the molecule is Cc1cc(CN2CCOCC2)cc(/C=N/[C@@H]2CCCC[C@H]2/N=C/c2cc(CN3CCOCC3)cc(C)c2O)c1O. The number of rotatable bonds is 8. The van der Waals surface area contributed by atoms with Crippen LogP contribution in [0.15, 0.2) is 34.3 Å². The lowest BCUT2D eigenvalue weighted by atomic mass is 9.91. The van der Waals surface area contributed by atoms with Gasteiger partial charge in [0.2, 0.25) is 0 Å². The summed E-state index contributed by atoms with van der Waals surface area (Å²) in [5, 5.41) is 21.6. The highest BCUT2D eigenvalue weighted by Gasteiger charge is 2.24. The van der Waals surface area contributed by atoms with Gasteiger partial charge < -0.3 is 19.7 Å². The number of nitrogens with zero attached hydrogens (tertiary/aromatic N) is 4. The van der Waals surface area contributed by atoms with E-state index in [-0.39, 0.29) is 12.1 Å². The lowest BCUT2D eigenvalue weighted by Gasteiger charge is -2.27. The molecule has 3 fully saturated rings. The summed E-state index contributed by atoms with van der Waals surface area (Å²) in [6.45, 7) is 12.4. The van der Waals surface area contributed by atoms with Crippen LogP contribution in [-0.2, 0) is 22.6 Å². The van der Waals surface area contributed by atoms with Gasteiger partial charge in [-0.15, -0.1) is 0 Å². The average molecular weight is 549 g/mol. The predicted molar refractivity (Wildman–Crippen MR) is 159 cm³/mol. The molecule has 2 N–H and O–H groups in total. The normalized spacial score (nSPS) is 23.4. The van der Waals surface area contributed by atoms with E-state index in [0.29, 0.717) is 11.5 Å². The minimum absolute atomic E-state index is 0.0485. The molecule has 3 aliphatic rings. The number of aryl methyl sites for hydroxylation is 2. The van der Waals surface area contributed by atoms with Gasteiger partial charge in [0.25, 0.3) is 0 Å². The van der Waals surface area contributed by atoms with E-state index in [0.717, 1.165) is 114 Å². The minimum atomic E-state index is 0.0485. The highest BCUT2D eigenvalue weighted by Crippen LogP contribution is 2.28. The molecule has 1 saturated carbocycles. The van der Waals surface area contributed by atoms with E-state index in [1.54, 1.807) is 0 Å². The number of phenols is 2. The summed E-state index contributed by atoms with van der Waals surface area (Å²) in [6.07, 6.45) is 7.86. The molecule has 40 heavy (non-hydrogen) atoms. The van der Waals surface area contributed by atoms with Crippen LogP contribution in [0.3, 0.4) is 0 Å². The van der Waals surface area contributed by atoms with E-state index in [9.17, 15) is 10.2 Å². The minimum Gasteiger partial charge on any atom is -0.507 e. The third-order valence-electron chi connectivity index (χ3n) is 8.30. The summed E-state index contributed by atoms with van der Waals surface area (Å²) < 4.78 is 11.0. The molecular weight excluding hydrogens is 504 g/mol. The molecular formula is C32H44N4O4. The van der Waals surface area contributed by atoms with Gasteiger partial charge in [0.1, 0.15) is 11.5 Å². The van der Waals surface area contributed by atoms with Crippen LogP contribution in [0.25, 0.3) is 0 Å². The Labute approximate surface area is 238 Å². The highest BCUT2D eigenvalue weighted by atomic mass is 16.5. The third-order valence-corrected chi connectivity index (χ3v) is 8.30. The van der Waals surface area contributed by atoms with E-state index < -0.39 is 0 Å². The highest BCUT2D eigenvalue weighted by molar-refractivity contribution is 5.85. The molecule has 0 unspecified atom stereocenters. The maximum Gasteiger partial charge on any atom is 0.127 e. The zero-order chi connectivity index (χ0) is 27.9. The van der Waals surface area contributed by atoms with Gasteiger partial charge in [0, 0.05) is 62.8 Å². The molecule has 2 aromatic rings. The van der Waals surface area contributed by atoms with Gasteiger partial charge in [0.05, 0.1) is 38.5 Å². The van der Waals surface area contributed by atoms with E-state index in [1.165, 1.54) is 11.1 Å². The monoisotopic (exact) mass is 548 g/mol. The van der Waals surface area contributed by atoms with Gasteiger partial charge in [-0.05, 0) is 61.1 Å². The first-order valence-corrected chi connectivity index (χ1v) is 14.8. The summed E-state index contributed by atoms with van der Waals surface area (Å²) in [5.41, 5.74) is 5.63. The van der Waals surface area contributed by atoms with Gasteiger partial charge in [0.15, 0.2) is 0 Å². The van der Waals surface area contributed by atoms with Crippen LogP contribution in [0.2, 0.25) is 0 Å². The standard InChI is InChI=1S/C32H44N4O4/c1-23-15-25(21-35-7-11-39-12-8-35)17-27(31(23)37)19-33-29-5-3-4-6-30(29)34-20-28-18-26(16-24(2)32(28)38)22-36-9-13-40-14-10-36/h15-20,29-30,37-38H,3-14,21-22H2,1-2H3/b33-19+,34-20+/t29-,30-/m1/s1. The fraction of sp³-hybridized carbons (Fsp3) is 0.562. The number of aromatic hydroxyl groups is 2. The maximum absolute atomic E-state index is 10.8. The number of phenolic OH excluding ortho intramolecular Hbond substituents is 2. The summed E-state index contributed by atoms with van der Waals surface area (Å²) in [5.74, 6) is 0.589. The first kappa shape index (κ1) is 28.7. The topological polar surface area (TPSA) is 90.1 Å². The number of morpholine rings is 2. The van der Waals surface area contributed by atoms with Crippen molar-refractivity contribution in [2.24, 2.45) is 9.98 Å². The van der Waals surface area contributed by atoms with Gasteiger partial charge in [-0.3, -0.25) is 19.8 Å². The molecule has 0 radical (unpaired) electrons. The zero-order valence-electron chi connectivity index (χ0n) is 24.0. The largest absolute Gasteiger partial charge is 0.507 e.